The van der Waals surface area contributed by atoms with E-state index in [0.717, 1.165) is 11.8 Å². The maximum atomic E-state index is 2.36. The van der Waals surface area contributed by atoms with Gasteiger partial charge in [-0.05, 0) is 35.8 Å². The molecule has 64 valence electrons. The third kappa shape index (κ3) is 1.16. The van der Waals surface area contributed by atoms with Crippen molar-refractivity contribution < 1.29 is 0 Å². The van der Waals surface area contributed by atoms with Crippen molar-refractivity contribution in [3.63, 3.8) is 0 Å². The van der Waals surface area contributed by atoms with Gasteiger partial charge in [0.2, 0.25) is 0 Å². The van der Waals surface area contributed by atoms with Gasteiger partial charge in [-0.15, -0.1) is 0 Å². The van der Waals surface area contributed by atoms with E-state index in [1.165, 1.54) is 12.8 Å². The van der Waals surface area contributed by atoms with Gasteiger partial charge in [-0.3, -0.25) is 0 Å². The van der Waals surface area contributed by atoms with Crippen LogP contribution in [0.15, 0.2) is 24.3 Å². The van der Waals surface area contributed by atoms with Crippen molar-refractivity contribution in [3.8, 4) is 0 Å². The molecule has 0 spiro atoms. The lowest BCUT2D eigenvalue weighted by molar-refractivity contribution is 0.426. The fourth-order valence-electron chi connectivity index (χ4n) is 2.15. The molecular formula is C12H16. The van der Waals surface area contributed by atoms with Gasteiger partial charge in [-0.2, -0.15) is 0 Å². The van der Waals surface area contributed by atoms with E-state index >= 15 is 0 Å². The van der Waals surface area contributed by atoms with Gasteiger partial charge < -0.3 is 0 Å². The second kappa shape index (κ2) is 2.93. The fraction of sp³-hybridized carbons (Fsp3) is 0.500. The molecule has 0 aliphatic heterocycles. The first-order valence-corrected chi connectivity index (χ1v) is 4.87. The van der Waals surface area contributed by atoms with Crippen LogP contribution in [0.25, 0.3) is 0 Å². The topological polar surface area (TPSA) is 0 Å². The summed E-state index contributed by atoms with van der Waals surface area (Å²) in [7, 11) is 0. The summed E-state index contributed by atoms with van der Waals surface area (Å²) >= 11 is 0. The van der Waals surface area contributed by atoms with Crippen LogP contribution in [0.2, 0.25) is 0 Å². The van der Waals surface area contributed by atoms with Gasteiger partial charge in [0, 0.05) is 0 Å². The summed E-state index contributed by atoms with van der Waals surface area (Å²) in [4.78, 5) is 0. The summed E-state index contributed by atoms with van der Waals surface area (Å²) in [5, 5.41) is 0. The smallest absolute Gasteiger partial charge is 0.0162 e. The summed E-state index contributed by atoms with van der Waals surface area (Å²) in [6.07, 6.45) is 2.64. The van der Waals surface area contributed by atoms with Crippen molar-refractivity contribution in [1.29, 1.82) is 0 Å². The lowest BCUT2D eigenvalue weighted by Gasteiger charge is -2.28. The molecule has 0 nitrogen and oxygen atoms in total. The highest BCUT2D eigenvalue weighted by Gasteiger charge is 2.21. The Morgan fingerprint density at radius 1 is 1.17 bits per heavy atom. The molecular weight excluding hydrogens is 144 g/mol. The number of aryl methyl sites for hydroxylation is 1. The molecule has 0 heteroatoms. The Bertz CT molecular complexity index is 275. The van der Waals surface area contributed by atoms with E-state index in [-0.39, 0.29) is 0 Å². The first-order chi connectivity index (χ1) is 5.79. The Kier molecular flexibility index (Phi) is 1.92. The molecule has 12 heavy (non-hydrogen) atoms. The van der Waals surface area contributed by atoms with Gasteiger partial charge in [0.15, 0.2) is 0 Å². The van der Waals surface area contributed by atoms with Crippen LogP contribution in [0, 0.1) is 5.92 Å². The van der Waals surface area contributed by atoms with Crippen LogP contribution in [-0.2, 0) is 6.42 Å². The van der Waals surface area contributed by atoms with Crippen molar-refractivity contribution in [2.75, 3.05) is 0 Å². The number of rotatable bonds is 0. The quantitative estimate of drug-likeness (QED) is 0.546. The molecule has 0 N–H and O–H groups in total. The van der Waals surface area contributed by atoms with E-state index in [0.29, 0.717) is 0 Å². The third-order valence-corrected chi connectivity index (χ3v) is 3.27. The standard InChI is InChI=1S/C12H16/c1-9-7-8-11-5-3-4-6-12(11)10(9)2/h3-6,9-10H,7-8H2,1-2H3. The molecule has 1 aliphatic carbocycles. The highest BCUT2D eigenvalue weighted by Crippen LogP contribution is 2.34. The molecule has 1 aliphatic rings. The molecule has 2 atom stereocenters. The molecule has 0 amide bonds. The van der Waals surface area contributed by atoms with Gasteiger partial charge >= 0.3 is 0 Å². The molecule has 2 rings (SSSR count). The van der Waals surface area contributed by atoms with Gasteiger partial charge in [0.25, 0.3) is 0 Å². The third-order valence-electron chi connectivity index (χ3n) is 3.27. The molecule has 0 bridgehead atoms. The monoisotopic (exact) mass is 160 g/mol. The van der Waals surface area contributed by atoms with E-state index in [4.69, 9.17) is 0 Å². The largest absolute Gasteiger partial charge is 0.0620 e. The van der Waals surface area contributed by atoms with Crippen molar-refractivity contribution >= 4 is 0 Å². The lowest BCUT2D eigenvalue weighted by Crippen LogP contribution is -2.15. The Morgan fingerprint density at radius 3 is 2.75 bits per heavy atom. The number of benzene rings is 1. The summed E-state index contributed by atoms with van der Waals surface area (Å²) in [6, 6.07) is 8.88. The number of hydrogen-bond acceptors (Lipinski definition) is 0. The normalized spacial score (nSPS) is 28.2. The van der Waals surface area contributed by atoms with Crippen molar-refractivity contribution in [2.45, 2.75) is 32.6 Å². The predicted molar refractivity (Wildman–Crippen MR) is 52.3 cm³/mol. The highest BCUT2D eigenvalue weighted by atomic mass is 14.3. The zero-order valence-corrected chi connectivity index (χ0v) is 7.88. The summed E-state index contributed by atoms with van der Waals surface area (Å²) in [5.74, 6) is 1.62. The van der Waals surface area contributed by atoms with E-state index in [9.17, 15) is 0 Å². The van der Waals surface area contributed by atoms with E-state index in [1.54, 1.807) is 11.1 Å². The summed E-state index contributed by atoms with van der Waals surface area (Å²) in [6.45, 7) is 4.71. The molecule has 1 aromatic rings. The molecule has 0 heterocycles. The van der Waals surface area contributed by atoms with Crippen LogP contribution < -0.4 is 0 Å². The number of fused-ring (bicyclic) bond motifs is 1. The Labute approximate surface area is 74.6 Å². The van der Waals surface area contributed by atoms with Crippen LogP contribution >= 0.6 is 0 Å². The minimum atomic E-state index is 0.759. The average Bonchev–Trinajstić information content (AvgIpc) is 2.12. The zero-order chi connectivity index (χ0) is 8.55. The first kappa shape index (κ1) is 7.85. The van der Waals surface area contributed by atoms with Crippen LogP contribution in [0.4, 0.5) is 0 Å². The fourth-order valence-corrected chi connectivity index (χ4v) is 2.15. The Hall–Kier alpha value is -0.780. The molecule has 1 aromatic carbocycles. The maximum Gasteiger partial charge on any atom is -0.0162 e. The van der Waals surface area contributed by atoms with Crippen LogP contribution in [0.1, 0.15) is 37.3 Å². The first-order valence-electron chi connectivity index (χ1n) is 4.87. The summed E-state index contributed by atoms with van der Waals surface area (Å²) < 4.78 is 0. The lowest BCUT2D eigenvalue weighted by atomic mass is 9.77. The van der Waals surface area contributed by atoms with Crippen LogP contribution in [0.5, 0.6) is 0 Å². The second-order valence-corrected chi connectivity index (χ2v) is 4.00. The molecule has 0 saturated heterocycles. The van der Waals surface area contributed by atoms with Gasteiger partial charge in [-0.25, -0.2) is 0 Å². The highest BCUT2D eigenvalue weighted by molar-refractivity contribution is 5.32. The van der Waals surface area contributed by atoms with E-state index in [2.05, 4.69) is 38.1 Å². The molecule has 0 aromatic heterocycles. The van der Waals surface area contributed by atoms with E-state index < -0.39 is 0 Å². The van der Waals surface area contributed by atoms with E-state index in [1.807, 2.05) is 0 Å². The van der Waals surface area contributed by atoms with Crippen molar-refractivity contribution in [1.82, 2.24) is 0 Å². The minimum Gasteiger partial charge on any atom is -0.0620 e. The summed E-state index contributed by atoms with van der Waals surface area (Å²) in [5.41, 5.74) is 3.15. The second-order valence-electron chi connectivity index (χ2n) is 4.00. The van der Waals surface area contributed by atoms with Crippen LogP contribution in [0.3, 0.4) is 0 Å². The minimum absolute atomic E-state index is 0.759. The molecule has 0 radical (unpaired) electrons. The van der Waals surface area contributed by atoms with Crippen LogP contribution in [-0.4, -0.2) is 0 Å². The average molecular weight is 160 g/mol. The zero-order valence-electron chi connectivity index (χ0n) is 7.88. The Morgan fingerprint density at radius 2 is 1.92 bits per heavy atom. The Balaban J connectivity index is 2.42. The van der Waals surface area contributed by atoms with Gasteiger partial charge in [0.1, 0.15) is 0 Å². The van der Waals surface area contributed by atoms with Crippen molar-refractivity contribution in [2.24, 2.45) is 5.92 Å². The predicted octanol–water partition coefficient (Wildman–Crippen LogP) is 3.37. The molecule has 0 fully saturated rings. The van der Waals surface area contributed by atoms with Gasteiger partial charge in [-0.1, -0.05) is 38.1 Å². The maximum absolute atomic E-state index is 2.36. The molecule has 2 unspecified atom stereocenters. The molecule has 0 saturated carbocycles. The van der Waals surface area contributed by atoms with Gasteiger partial charge in [0.05, 0.1) is 0 Å². The number of hydrogen-bond donors (Lipinski definition) is 0. The SMILES string of the molecule is CC1CCc2ccccc2C1C. The van der Waals surface area contributed by atoms with Crippen molar-refractivity contribution in [3.05, 3.63) is 35.4 Å².